The highest BCUT2D eigenvalue weighted by Gasteiger charge is 2.29. The van der Waals surface area contributed by atoms with Crippen molar-refractivity contribution in [3.8, 4) is 0 Å². The second-order valence-electron chi connectivity index (χ2n) is 3.96. The predicted octanol–water partition coefficient (Wildman–Crippen LogP) is 3.00. The zero-order valence-corrected chi connectivity index (χ0v) is 8.25. The number of carbonyl (C=O) groups is 1. The van der Waals surface area contributed by atoms with Crippen LogP contribution in [-0.4, -0.2) is 12.0 Å². The monoisotopic (exact) mass is 210 g/mol. The summed E-state index contributed by atoms with van der Waals surface area (Å²) < 4.78 is 26.1. The van der Waals surface area contributed by atoms with Crippen LogP contribution in [0.2, 0.25) is 0 Å². The quantitative estimate of drug-likeness (QED) is 0.696. The average molecular weight is 210 g/mol. The number of hydrogen-bond donors (Lipinski definition) is 0. The Bertz CT molecular complexity index is 376. The molecule has 2 atom stereocenters. The summed E-state index contributed by atoms with van der Waals surface area (Å²) in [5, 5.41) is 0. The molecule has 15 heavy (non-hydrogen) atoms. The fraction of sp³-hybridized carbons (Fsp3) is 0.417. The first-order valence-corrected chi connectivity index (χ1v) is 5.09. The Kier molecular flexibility index (Phi) is 2.80. The molecule has 0 spiro atoms. The maximum Gasteiger partial charge on any atom is 0.166 e. The second-order valence-corrected chi connectivity index (χ2v) is 3.96. The van der Waals surface area contributed by atoms with E-state index in [2.05, 4.69) is 0 Å². The molecule has 1 fully saturated rings. The Morgan fingerprint density at radius 2 is 2.13 bits per heavy atom. The second kappa shape index (κ2) is 4.09. The molecule has 0 N–H and O–H groups in total. The van der Waals surface area contributed by atoms with Gasteiger partial charge in [-0.05, 0) is 36.5 Å². The summed E-state index contributed by atoms with van der Waals surface area (Å²) in [6, 6.07) is 6.20. The lowest BCUT2D eigenvalue weighted by Crippen LogP contribution is -2.24. The highest BCUT2D eigenvalue weighted by Crippen LogP contribution is 2.32. The number of rotatable bonds is 1. The lowest BCUT2D eigenvalue weighted by molar-refractivity contribution is -0.125. The van der Waals surface area contributed by atoms with Crippen LogP contribution in [0.4, 0.5) is 8.78 Å². The van der Waals surface area contributed by atoms with Crippen molar-refractivity contribution in [2.24, 2.45) is 0 Å². The molecule has 1 aromatic carbocycles. The standard InChI is InChI=1S/C12H12F2O/c13-10-3-1-2-8(6-10)9-4-5-12(15)11(14)7-9/h1-3,6,9,11H,4-5,7H2/t9-,11?/m0/s1. The maximum atomic E-state index is 13.2. The molecule has 1 saturated carbocycles. The third-order valence-corrected chi connectivity index (χ3v) is 2.90. The lowest BCUT2D eigenvalue weighted by Gasteiger charge is -2.23. The van der Waals surface area contributed by atoms with Gasteiger partial charge >= 0.3 is 0 Å². The number of hydrogen-bond acceptors (Lipinski definition) is 1. The van der Waals surface area contributed by atoms with Gasteiger partial charge in [0.1, 0.15) is 5.82 Å². The van der Waals surface area contributed by atoms with Gasteiger partial charge in [0.25, 0.3) is 0 Å². The van der Waals surface area contributed by atoms with Crippen molar-refractivity contribution in [2.45, 2.75) is 31.4 Å². The molecular formula is C12H12F2O. The van der Waals surface area contributed by atoms with E-state index in [1.54, 1.807) is 12.1 Å². The van der Waals surface area contributed by atoms with Crippen LogP contribution in [0.25, 0.3) is 0 Å². The van der Waals surface area contributed by atoms with E-state index in [0.717, 1.165) is 5.56 Å². The third kappa shape index (κ3) is 2.22. The molecule has 1 unspecified atom stereocenters. The number of benzene rings is 1. The van der Waals surface area contributed by atoms with Gasteiger partial charge in [0, 0.05) is 6.42 Å². The average Bonchev–Trinajstić information content (AvgIpc) is 2.22. The maximum absolute atomic E-state index is 13.2. The minimum absolute atomic E-state index is 0.0200. The fourth-order valence-electron chi connectivity index (χ4n) is 2.04. The summed E-state index contributed by atoms with van der Waals surface area (Å²) in [5.74, 6) is -0.643. The molecule has 0 bridgehead atoms. The van der Waals surface area contributed by atoms with Crippen molar-refractivity contribution < 1.29 is 13.6 Å². The van der Waals surface area contributed by atoms with E-state index in [1.807, 2.05) is 0 Å². The Morgan fingerprint density at radius 1 is 1.33 bits per heavy atom. The molecule has 1 nitrogen and oxygen atoms in total. The summed E-state index contributed by atoms with van der Waals surface area (Å²) in [7, 11) is 0. The Hall–Kier alpha value is -1.25. The lowest BCUT2D eigenvalue weighted by atomic mass is 9.82. The van der Waals surface area contributed by atoms with E-state index in [9.17, 15) is 13.6 Å². The summed E-state index contributed by atoms with van der Waals surface area (Å²) in [5.41, 5.74) is 0.796. The van der Waals surface area contributed by atoms with E-state index in [-0.39, 0.29) is 30.4 Å². The van der Waals surface area contributed by atoms with E-state index < -0.39 is 6.17 Å². The van der Waals surface area contributed by atoms with E-state index in [4.69, 9.17) is 0 Å². The molecule has 0 saturated heterocycles. The van der Waals surface area contributed by atoms with Crippen LogP contribution in [-0.2, 0) is 4.79 Å². The SMILES string of the molecule is O=C1CC[C@H](c2cccc(F)c2)CC1F. The number of Topliss-reactive ketones (excluding diaryl/α,β-unsaturated/α-hetero) is 1. The first kappa shape index (κ1) is 10.3. The zero-order valence-electron chi connectivity index (χ0n) is 8.25. The number of alkyl halides is 1. The molecule has 1 aliphatic carbocycles. The van der Waals surface area contributed by atoms with Gasteiger partial charge in [0.05, 0.1) is 0 Å². The third-order valence-electron chi connectivity index (χ3n) is 2.90. The van der Waals surface area contributed by atoms with Crippen LogP contribution in [0.5, 0.6) is 0 Å². The zero-order chi connectivity index (χ0) is 10.8. The molecular weight excluding hydrogens is 198 g/mol. The number of carbonyl (C=O) groups excluding carboxylic acids is 1. The van der Waals surface area contributed by atoms with Crippen molar-refractivity contribution in [3.63, 3.8) is 0 Å². The van der Waals surface area contributed by atoms with Gasteiger partial charge in [0.15, 0.2) is 12.0 Å². The van der Waals surface area contributed by atoms with Crippen molar-refractivity contribution in [1.29, 1.82) is 0 Å². The molecule has 80 valence electrons. The van der Waals surface area contributed by atoms with Crippen molar-refractivity contribution in [2.75, 3.05) is 0 Å². The largest absolute Gasteiger partial charge is 0.296 e. The molecule has 2 rings (SSSR count). The van der Waals surface area contributed by atoms with Crippen LogP contribution in [0, 0.1) is 5.82 Å². The van der Waals surface area contributed by atoms with Crippen LogP contribution in [0.1, 0.15) is 30.7 Å². The van der Waals surface area contributed by atoms with Crippen LogP contribution < -0.4 is 0 Å². The van der Waals surface area contributed by atoms with Gasteiger partial charge in [-0.15, -0.1) is 0 Å². The minimum Gasteiger partial charge on any atom is -0.296 e. The number of ketones is 1. The Labute approximate surface area is 87.1 Å². The van der Waals surface area contributed by atoms with Gasteiger partial charge in [-0.2, -0.15) is 0 Å². The summed E-state index contributed by atoms with van der Waals surface area (Å²) in [4.78, 5) is 11.0. The van der Waals surface area contributed by atoms with E-state index in [0.29, 0.717) is 6.42 Å². The highest BCUT2D eigenvalue weighted by molar-refractivity contribution is 5.83. The molecule has 0 amide bonds. The summed E-state index contributed by atoms with van der Waals surface area (Å²) >= 11 is 0. The molecule has 0 heterocycles. The molecule has 1 aliphatic rings. The smallest absolute Gasteiger partial charge is 0.166 e. The first-order valence-electron chi connectivity index (χ1n) is 5.09. The van der Waals surface area contributed by atoms with Crippen molar-refractivity contribution >= 4 is 5.78 Å². The van der Waals surface area contributed by atoms with Gasteiger partial charge < -0.3 is 0 Å². The van der Waals surface area contributed by atoms with E-state index >= 15 is 0 Å². The van der Waals surface area contributed by atoms with E-state index in [1.165, 1.54) is 12.1 Å². The summed E-state index contributed by atoms with van der Waals surface area (Å²) in [6.45, 7) is 0. The molecule has 1 aromatic rings. The minimum atomic E-state index is -1.37. The Morgan fingerprint density at radius 3 is 2.80 bits per heavy atom. The van der Waals surface area contributed by atoms with Crippen LogP contribution >= 0.6 is 0 Å². The van der Waals surface area contributed by atoms with Crippen molar-refractivity contribution in [3.05, 3.63) is 35.6 Å². The van der Waals surface area contributed by atoms with Crippen LogP contribution in [0.15, 0.2) is 24.3 Å². The summed E-state index contributed by atoms with van der Waals surface area (Å²) in [6.07, 6.45) is -0.278. The topological polar surface area (TPSA) is 17.1 Å². The molecule has 0 radical (unpaired) electrons. The van der Waals surface area contributed by atoms with Gasteiger partial charge in [-0.1, -0.05) is 12.1 Å². The normalized spacial score (nSPS) is 26.7. The fourth-order valence-corrected chi connectivity index (χ4v) is 2.04. The Balaban J connectivity index is 2.15. The van der Waals surface area contributed by atoms with Gasteiger partial charge in [-0.25, -0.2) is 8.78 Å². The van der Waals surface area contributed by atoms with Crippen molar-refractivity contribution in [1.82, 2.24) is 0 Å². The van der Waals surface area contributed by atoms with Gasteiger partial charge in [0.2, 0.25) is 0 Å². The highest BCUT2D eigenvalue weighted by atomic mass is 19.1. The number of halogens is 2. The molecule has 3 heteroatoms. The molecule has 0 aromatic heterocycles. The molecule has 0 aliphatic heterocycles. The first-order chi connectivity index (χ1) is 7.16. The van der Waals surface area contributed by atoms with Gasteiger partial charge in [-0.3, -0.25) is 4.79 Å². The van der Waals surface area contributed by atoms with Crippen LogP contribution in [0.3, 0.4) is 0 Å². The predicted molar refractivity (Wildman–Crippen MR) is 52.9 cm³/mol.